The number of pyridine rings is 1. The predicted octanol–water partition coefficient (Wildman–Crippen LogP) is 2.61. The number of nitrogens with zero attached hydrogens (tertiary/aromatic N) is 1. The lowest BCUT2D eigenvalue weighted by atomic mass is 10.1. The molecule has 6 heteroatoms. The molecule has 0 amide bonds. The van der Waals surface area contributed by atoms with Crippen LogP contribution in [0.15, 0.2) is 30.5 Å². The SMILES string of the molecule is COC(=O)c1ncc(COCc2ccc(OC)cc2)c(C)c1O. The van der Waals surface area contributed by atoms with E-state index in [1.807, 2.05) is 24.3 Å². The minimum Gasteiger partial charge on any atom is -0.505 e. The van der Waals surface area contributed by atoms with Crippen LogP contribution >= 0.6 is 0 Å². The number of rotatable bonds is 6. The Bertz CT molecular complexity index is 682. The van der Waals surface area contributed by atoms with Crippen LogP contribution in [0.25, 0.3) is 0 Å². The van der Waals surface area contributed by atoms with E-state index in [9.17, 15) is 9.90 Å². The maximum Gasteiger partial charge on any atom is 0.360 e. The number of hydrogen-bond acceptors (Lipinski definition) is 6. The number of ether oxygens (including phenoxy) is 3. The summed E-state index contributed by atoms with van der Waals surface area (Å²) in [5, 5.41) is 10.0. The lowest BCUT2D eigenvalue weighted by Gasteiger charge is -2.11. The van der Waals surface area contributed by atoms with Gasteiger partial charge in [-0.25, -0.2) is 9.78 Å². The average molecular weight is 317 g/mol. The molecule has 0 spiro atoms. The summed E-state index contributed by atoms with van der Waals surface area (Å²) in [6, 6.07) is 7.56. The highest BCUT2D eigenvalue weighted by atomic mass is 16.5. The predicted molar refractivity (Wildman–Crippen MR) is 83.5 cm³/mol. The fraction of sp³-hybridized carbons (Fsp3) is 0.294. The summed E-state index contributed by atoms with van der Waals surface area (Å²) in [7, 11) is 2.86. The molecular weight excluding hydrogens is 298 g/mol. The number of carbonyl (C=O) groups excluding carboxylic acids is 1. The molecule has 0 aliphatic heterocycles. The number of carbonyl (C=O) groups is 1. The van der Waals surface area contributed by atoms with E-state index < -0.39 is 5.97 Å². The lowest BCUT2D eigenvalue weighted by molar-refractivity contribution is 0.0589. The Kier molecular flexibility index (Phi) is 5.54. The summed E-state index contributed by atoms with van der Waals surface area (Å²) in [5.41, 5.74) is 2.18. The molecule has 2 rings (SSSR count). The van der Waals surface area contributed by atoms with Crippen LogP contribution in [-0.2, 0) is 22.7 Å². The summed E-state index contributed by atoms with van der Waals surface area (Å²) in [4.78, 5) is 15.4. The Labute approximate surface area is 134 Å². The summed E-state index contributed by atoms with van der Waals surface area (Å²) < 4.78 is 15.3. The molecule has 2 aromatic rings. The molecular formula is C17H19NO5. The highest BCUT2D eigenvalue weighted by molar-refractivity contribution is 5.90. The molecule has 0 radical (unpaired) electrons. The van der Waals surface area contributed by atoms with Crippen LogP contribution in [0.5, 0.6) is 11.5 Å². The summed E-state index contributed by atoms with van der Waals surface area (Å²) in [6.45, 7) is 2.40. The zero-order chi connectivity index (χ0) is 16.8. The molecule has 0 atom stereocenters. The molecule has 23 heavy (non-hydrogen) atoms. The van der Waals surface area contributed by atoms with Crippen LogP contribution in [-0.4, -0.2) is 30.3 Å². The fourth-order valence-corrected chi connectivity index (χ4v) is 2.02. The van der Waals surface area contributed by atoms with Gasteiger partial charge in [0, 0.05) is 17.3 Å². The van der Waals surface area contributed by atoms with E-state index in [1.165, 1.54) is 13.3 Å². The first kappa shape index (κ1) is 16.8. The van der Waals surface area contributed by atoms with Gasteiger partial charge < -0.3 is 19.3 Å². The minimum absolute atomic E-state index is 0.0936. The topological polar surface area (TPSA) is 77.9 Å². The van der Waals surface area contributed by atoms with Crippen LogP contribution in [0.4, 0.5) is 0 Å². The Morgan fingerprint density at radius 1 is 1.17 bits per heavy atom. The van der Waals surface area contributed by atoms with Crippen molar-refractivity contribution in [2.45, 2.75) is 20.1 Å². The lowest BCUT2D eigenvalue weighted by Crippen LogP contribution is -2.07. The third kappa shape index (κ3) is 3.98. The second-order valence-electron chi connectivity index (χ2n) is 4.94. The van der Waals surface area contributed by atoms with Crippen LogP contribution in [0.1, 0.15) is 27.2 Å². The van der Waals surface area contributed by atoms with Crippen molar-refractivity contribution in [3.05, 3.63) is 52.8 Å². The first-order valence-corrected chi connectivity index (χ1v) is 7.03. The Morgan fingerprint density at radius 3 is 2.48 bits per heavy atom. The number of hydrogen-bond donors (Lipinski definition) is 1. The molecule has 0 aliphatic carbocycles. The largest absolute Gasteiger partial charge is 0.505 e. The van der Waals surface area contributed by atoms with Gasteiger partial charge in [0.1, 0.15) is 5.75 Å². The second-order valence-corrected chi connectivity index (χ2v) is 4.94. The Morgan fingerprint density at radius 2 is 1.87 bits per heavy atom. The van der Waals surface area contributed by atoms with E-state index in [0.29, 0.717) is 17.7 Å². The molecule has 1 aromatic carbocycles. The van der Waals surface area contributed by atoms with Crippen molar-refractivity contribution in [3.63, 3.8) is 0 Å². The second kappa shape index (κ2) is 7.60. The van der Waals surface area contributed by atoms with E-state index in [2.05, 4.69) is 9.72 Å². The summed E-state index contributed by atoms with van der Waals surface area (Å²) >= 11 is 0. The van der Waals surface area contributed by atoms with Crippen LogP contribution in [0.2, 0.25) is 0 Å². The van der Waals surface area contributed by atoms with Gasteiger partial charge in [0.15, 0.2) is 11.4 Å². The first-order chi connectivity index (χ1) is 11.1. The van der Waals surface area contributed by atoms with Gasteiger partial charge in [-0.1, -0.05) is 12.1 Å². The first-order valence-electron chi connectivity index (χ1n) is 7.03. The van der Waals surface area contributed by atoms with E-state index in [4.69, 9.17) is 9.47 Å². The van der Waals surface area contributed by atoms with Gasteiger partial charge in [-0.15, -0.1) is 0 Å². The summed E-state index contributed by atoms with van der Waals surface area (Å²) in [6.07, 6.45) is 1.51. The third-order valence-corrected chi connectivity index (χ3v) is 3.47. The zero-order valence-electron chi connectivity index (χ0n) is 13.3. The molecule has 1 N–H and O–H groups in total. The summed E-state index contributed by atoms with van der Waals surface area (Å²) in [5.74, 6) is -0.0594. The molecule has 6 nitrogen and oxygen atoms in total. The van der Waals surface area contributed by atoms with Gasteiger partial charge in [0.05, 0.1) is 27.4 Å². The highest BCUT2D eigenvalue weighted by Crippen LogP contribution is 2.24. The Hall–Kier alpha value is -2.60. The molecule has 0 aliphatic rings. The number of aromatic nitrogens is 1. The molecule has 0 fully saturated rings. The molecule has 0 bridgehead atoms. The molecule has 0 unspecified atom stereocenters. The smallest absolute Gasteiger partial charge is 0.360 e. The minimum atomic E-state index is -0.670. The number of methoxy groups -OCH3 is 2. The van der Waals surface area contributed by atoms with E-state index >= 15 is 0 Å². The molecule has 122 valence electrons. The van der Waals surface area contributed by atoms with Gasteiger partial charge in [-0.3, -0.25) is 0 Å². The fourth-order valence-electron chi connectivity index (χ4n) is 2.02. The van der Waals surface area contributed by atoms with E-state index in [0.717, 1.165) is 11.3 Å². The standard InChI is InChI=1S/C17H19NO5/c1-11-13(8-18-15(16(11)19)17(20)22-3)10-23-9-12-4-6-14(21-2)7-5-12/h4-8,19H,9-10H2,1-3H3. The van der Waals surface area contributed by atoms with Crippen molar-refractivity contribution in [1.82, 2.24) is 4.98 Å². The van der Waals surface area contributed by atoms with Gasteiger partial charge in [-0.2, -0.15) is 0 Å². The normalized spacial score (nSPS) is 10.4. The van der Waals surface area contributed by atoms with Crippen molar-refractivity contribution in [2.24, 2.45) is 0 Å². The molecule has 0 saturated heterocycles. The molecule has 1 heterocycles. The van der Waals surface area contributed by atoms with Crippen molar-refractivity contribution >= 4 is 5.97 Å². The van der Waals surface area contributed by atoms with Crippen molar-refractivity contribution in [1.29, 1.82) is 0 Å². The van der Waals surface area contributed by atoms with Crippen LogP contribution in [0.3, 0.4) is 0 Å². The van der Waals surface area contributed by atoms with Gasteiger partial charge in [-0.05, 0) is 24.6 Å². The molecule has 0 saturated carbocycles. The van der Waals surface area contributed by atoms with E-state index in [1.54, 1.807) is 14.0 Å². The molecule has 1 aromatic heterocycles. The highest BCUT2D eigenvalue weighted by Gasteiger charge is 2.17. The Balaban J connectivity index is 2.00. The zero-order valence-corrected chi connectivity index (χ0v) is 13.3. The van der Waals surface area contributed by atoms with E-state index in [-0.39, 0.29) is 18.1 Å². The van der Waals surface area contributed by atoms with Crippen molar-refractivity contribution in [3.8, 4) is 11.5 Å². The van der Waals surface area contributed by atoms with Crippen molar-refractivity contribution in [2.75, 3.05) is 14.2 Å². The van der Waals surface area contributed by atoms with Gasteiger partial charge in [0.25, 0.3) is 0 Å². The maximum absolute atomic E-state index is 11.5. The number of esters is 1. The third-order valence-electron chi connectivity index (χ3n) is 3.47. The number of benzene rings is 1. The van der Waals surface area contributed by atoms with Gasteiger partial charge in [0.2, 0.25) is 0 Å². The quantitative estimate of drug-likeness (QED) is 0.825. The van der Waals surface area contributed by atoms with Crippen LogP contribution < -0.4 is 4.74 Å². The average Bonchev–Trinajstić information content (AvgIpc) is 2.58. The van der Waals surface area contributed by atoms with Crippen molar-refractivity contribution < 1.29 is 24.1 Å². The maximum atomic E-state index is 11.5. The number of aromatic hydroxyl groups is 1. The van der Waals surface area contributed by atoms with Gasteiger partial charge >= 0.3 is 5.97 Å². The van der Waals surface area contributed by atoms with Crippen LogP contribution in [0, 0.1) is 6.92 Å². The monoisotopic (exact) mass is 317 g/mol.